The molecule has 0 unspecified atom stereocenters. The molecule has 1 aliphatic rings. The van der Waals surface area contributed by atoms with E-state index in [4.69, 9.17) is 10.00 Å². The molecule has 0 saturated heterocycles. The number of nitriles is 1. The number of hydrogen-bond donors (Lipinski definition) is 1. The Morgan fingerprint density at radius 3 is 2.55 bits per heavy atom. The van der Waals surface area contributed by atoms with E-state index in [1.165, 1.54) is 0 Å². The monoisotopic (exact) mass is 270 g/mol. The van der Waals surface area contributed by atoms with Gasteiger partial charge in [0.1, 0.15) is 17.4 Å². The molecule has 20 heavy (non-hydrogen) atoms. The molecular weight excluding hydrogens is 252 g/mol. The summed E-state index contributed by atoms with van der Waals surface area (Å²) in [6.07, 6.45) is 5.91. The van der Waals surface area contributed by atoms with E-state index in [9.17, 15) is 4.79 Å². The summed E-state index contributed by atoms with van der Waals surface area (Å²) in [5, 5.41) is 12.0. The van der Waals surface area contributed by atoms with E-state index in [0.29, 0.717) is 0 Å². The molecule has 4 nitrogen and oxygen atoms in total. The van der Waals surface area contributed by atoms with Crippen molar-refractivity contribution < 1.29 is 9.53 Å². The van der Waals surface area contributed by atoms with Gasteiger partial charge in [0, 0.05) is 6.04 Å². The van der Waals surface area contributed by atoms with Crippen molar-refractivity contribution in [1.29, 1.82) is 5.26 Å². The number of nitrogens with one attached hydrogen (secondary N) is 1. The van der Waals surface area contributed by atoms with Crippen LogP contribution in [0.3, 0.4) is 0 Å². The number of methoxy groups -OCH3 is 1. The van der Waals surface area contributed by atoms with Gasteiger partial charge in [0.15, 0.2) is 0 Å². The number of hydrogen-bond acceptors (Lipinski definition) is 3. The third-order valence-corrected chi connectivity index (χ3v) is 3.48. The van der Waals surface area contributed by atoms with Gasteiger partial charge in [0.05, 0.1) is 7.11 Å². The minimum Gasteiger partial charge on any atom is -0.497 e. The minimum atomic E-state index is -0.282. The van der Waals surface area contributed by atoms with Crippen molar-refractivity contribution in [3.05, 3.63) is 35.4 Å². The van der Waals surface area contributed by atoms with Gasteiger partial charge >= 0.3 is 0 Å². The highest BCUT2D eigenvalue weighted by Gasteiger charge is 2.19. The molecule has 0 aliphatic heterocycles. The highest BCUT2D eigenvalue weighted by molar-refractivity contribution is 6.01. The summed E-state index contributed by atoms with van der Waals surface area (Å²) in [4.78, 5) is 12.0. The first-order chi connectivity index (χ1) is 9.72. The summed E-state index contributed by atoms with van der Waals surface area (Å²) in [6.45, 7) is 0. The predicted octanol–water partition coefficient (Wildman–Crippen LogP) is 2.66. The van der Waals surface area contributed by atoms with Crippen LogP contribution in [0.4, 0.5) is 0 Å². The molecule has 4 heteroatoms. The lowest BCUT2D eigenvalue weighted by Crippen LogP contribution is -2.33. The lowest BCUT2D eigenvalue weighted by Gasteiger charge is -2.10. The Balaban J connectivity index is 2.07. The summed E-state index contributed by atoms with van der Waals surface area (Å²) in [5.74, 6) is 0.464. The zero-order valence-corrected chi connectivity index (χ0v) is 11.6. The molecule has 0 spiro atoms. The van der Waals surface area contributed by atoms with Crippen LogP contribution in [0, 0.1) is 11.3 Å². The van der Waals surface area contributed by atoms with Gasteiger partial charge in [-0.1, -0.05) is 25.0 Å². The second kappa shape index (κ2) is 6.76. The van der Waals surface area contributed by atoms with E-state index in [1.807, 2.05) is 18.2 Å². The van der Waals surface area contributed by atoms with Crippen LogP contribution in [0.2, 0.25) is 0 Å². The molecule has 1 fully saturated rings. The summed E-state index contributed by atoms with van der Waals surface area (Å²) < 4.78 is 5.07. The maximum Gasteiger partial charge on any atom is 0.262 e. The fourth-order valence-electron chi connectivity index (χ4n) is 2.35. The summed E-state index contributed by atoms with van der Waals surface area (Å²) >= 11 is 0. The molecule has 0 aromatic heterocycles. The molecule has 1 N–H and O–H groups in total. The highest BCUT2D eigenvalue weighted by atomic mass is 16.5. The largest absolute Gasteiger partial charge is 0.497 e. The third kappa shape index (κ3) is 3.61. The van der Waals surface area contributed by atoms with Gasteiger partial charge in [-0.05, 0) is 36.6 Å². The number of ether oxygens (including phenoxy) is 1. The lowest BCUT2D eigenvalue weighted by molar-refractivity contribution is -0.117. The maximum atomic E-state index is 12.0. The molecule has 104 valence electrons. The van der Waals surface area contributed by atoms with Crippen molar-refractivity contribution in [3.8, 4) is 11.8 Å². The Morgan fingerprint density at radius 2 is 2.00 bits per heavy atom. The fraction of sp³-hybridized carbons (Fsp3) is 0.375. The van der Waals surface area contributed by atoms with Crippen LogP contribution in [0.5, 0.6) is 5.75 Å². The SMILES string of the molecule is COc1ccc(/C=C(\C#N)C(=O)NC2CCCC2)cc1. The average molecular weight is 270 g/mol. The van der Waals surface area contributed by atoms with Crippen molar-refractivity contribution in [3.63, 3.8) is 0 Å². The van der Waals surface area contributed by atoms with Crippen LogP contribution < -0.4 is 10.1 Å². The van der Waals surface area contributed by atoms with Crippen LogP contribution in [0.1, 0.15) is 31.2 Å². The molecule has 1 aliphatic carbocycles. The molecule has 1 saturated carbocycles. The van der Waals surface area contributed by atoms with Gasteiger partial charge in [0.25, 0.3) is 5.91 Å². The zero-order valence-electron chi connectivity index (χ0n) is 11.6. The van der Waals surface area contributed by atoms with E-state index >= 15 is 0 Å². The summed E-state index contributed by atoms with van der Waals surface area (Å²) in [5.41, 5.74) is 0.950. The average Bonchev–Trinajstić information content (AvgIpc) is 2.98. The molecule has 1 aromatic carbocycles. The van der Waals surface area contributed by atoms with Crippen molar-refractivity contribution in [2.24, 2.45) is 0 Å². The normalized spacial score (nSPS) is 15.7. The quantitative estimate of drug-likeness (QED) is 0.676. The van der Waals surface area contributed by atoms with Crippen molar-refractivity contribution in [1.82, 2.24) is 5.32 Å². The summed E-state index contributed by atoms with van der Waals surface area (Å²) in [7, 11) is 1.60. The fourth-order valence-corrected chi connectivity index (χ4v) is 2.35. The Kier molecular flexibility index (Phi) is 4.78. The highest BCUT2D eigenvalue weighted by Crippen LogP contribution is 2.18. The van der Waals surface area contributed by atoms with E-state index in [1.54, 1.807) is 25.3 Å². The standard InChI is InChI=1S/C16H18N2O2/c1-20-15-8-6-12(7-9-15)10-13(11-17)16(19)18-14-4-2-3-5-14/h6-10,14H,2-5H2,1H3,(H,18,19)/b13-10+. The van der Waals surface area contributed by atoms with Crippen molar-refractivity contribution in [2.45, 2.75) is 31.7 Å². The minimum absolute atomic E-state index is 0.141. The summed E-state index contributed by atoms with van der Waals surface area (Å²) in [6, 6.07) is 9.43. The molecule has 0 radical (unpaired) electrons. The van der Waals surface area contributed by atoms with Gasteiger partial charge in [-0.2, -0.15) is 5.26 Å². The van der Waals surface area contributed by atoms with E-state index in [-0.39, 0.29) is 17.5 Å². The first kappa shape index (κ1) is 14.1. The lowest BCUT2D eigenvalue weighted by atomic mass is 10.1. The Labute approximate surface area is 119 Å². The number of carbonyl (C=O) groups excluding carboxylic acids is 1. The number of benzene rings is 1. The molecule has 2 rings (SSSR count). The van der Waals surface area contributed by atoms with E-state index < -0.39 is 0 Å². The Hall–Kier alpha value is -2.28. The van der Waals surface area contributed by atoms with Gasteiger partial charge in [-0.15, -0.1) is 0 Å². The number of carbonyl (C=O) groups is 1. The second-order valence-corrected chi connectivity index (χ2v) is 4.90. The first-order valence-electron chi connectivity index (χ1n) is 6.79. The molecule has 0 heterocycles. The second-order valence-electron chi connectivity index (χ2n) is 4.90. The van der Waals surface area contributed by atoms with Crippen LogP contribution >= 0.6 is 0 Å². The van der Waals surface area contributed by atoms with Crippen molar-refractivity contribution in [2.75, 3.05) is 7.11 Å². The van der Waals surface area contributed by atoms with Gasteiger partial charge in [0.2, 0.25) is 0 Å². The zero-order chi connectivity index (χ0) is 14.4. The third-order valence-electron chi connectivity index (χ3n) is 3.48. The van der Waals surface area contributed by atoms with Crippen molar-refractivity contribution >= 4 is 12.0 Å². The van der Waals surface area contributed by atoms with Crippen LogP contribution in [-0.2, 0) is 4.79 Å². The van der Waals surface area contributed by atoms with Crippen LogP contribution in [-0.4, -0.2) is 19.1 Å². The Bertz CT molecular complexity index is 535. The number of rotatable bonds is 4. The molecule has 0 atom stereocenters. The Morgan fingerprint density at radius 1 is 1.35 bits per heavy atom. The molecule has 1 aromatic rings. The molecule has 0 bridgehead atoms. The van der Waals surface area contributed by atoms with E-state index in [2.05, 4.69) is 5.32 Å². The van der Waals surface area contributed by atoms with Gasteiger partial charge in [-0.3, -0.25) is 4.79 Å². The molecular formula is C16H18N2O2. The first-order valence-corrected chi connectivity index (χ1v) is 6.79. The predicted molar refractivity (Wildman–Crippen MR) is 77.0 cm³/mol. The van der Waals surface area contributed by atoms with Crippen LogP contribution in [0.15, 0.2) is 29.8 Å². The maximum absolute atomic E-state index is 12.0. The van der Waals surface area contributed by atoms with E-state index in [0.717, 1.165) is 37.0 Å². The van der Waals surface area contributed by atoms with Gasteiger partial charge < -0.3 is 10.1 Å². The van der Waals surface area contributed by atoms with Gasteiger partial charge in [-0.25, -0.2) is 0 Å². The topological polar surface area (TPSA) is 62.1 Å². The smallest absolute Gasteiger partial charge is 0.262 e. The number of nitrogens with zero attached hydrogens (tertiary/aromatic N) is 1. The molecule has 1 amide bonds. The van der Waals surface area contributed by atoms with Crippen LogP contribution in [0.25, 0.3) is 6.08 Å². The number of amides is 1.